The van der Waals surface area contributed by atoms with Crippen LogP contribution in [0.4, 0.5) is 0 Å². The lowest BCUT2D eigenvalue weighted by atomic mass is 9.89. The number of rotatable bonds is 6. The minimum atomic E-state index is -0.524. The molecular weight excluding hydrogens is 362 g/mol. The van der Waals surface area contributed by atoms with Crippen molar-refractivity contribution in [2.75, 3.05) is 6.61 Å². The van der Waals surface area contributed by atoms with Crippen molar-refractivity contribution in [1.29, 1.82) is 5.41 Å². The molecule has 3 aromatic rings. The summed E-state index contributed by atoms with van der Waals surface area (Å²) in [5, 5.41) is 18.8. The number of esters is 1. The van der Waals surface area contributed by atoms with Crippen molar-refractivity contribution in [3.05, 3.63) is 95.6 Å². The van der Waals surface area contributed by atoms with E-state index < -0.39 is 5.97 Å². The van der Waals surface area contributed by atoms with Crippen molar-refractivity contribution in [3.63, 3.8) is 0 Å². The number of benzene rings is 3. The zero-order valence-corrected chi connectivity index (χ0v) is 16.5. The van der Waals surface area contributed by atoms with Gasteiger partial charge in [0.15, 0.2) is 0 Å². The molecule has 0 heterocycles. The number of phenols is 1. The Balaban J connectivity index is 2.17. The maximum atomic E-state index is 12.8. The molecule has 0 aromatic heterocycles. The lowest BCUT2D eigenvalue weighted by molar-refractivity contribution is -0.137. The number of hydrogen-bond donors (Lipinski definition) is 2. The molecule has 0 fully saturated rings. The predicted octanol–water partition coefficient (Wildman–Crippen LogP) is 5.46. The van der Waals surface area contributed by atoms with E-state index in [1.807, 2.05) is 61.5 Å². The van der Waals surface area contributed by atoms with Gasteiger partial charge >= 0.3 is 5.97 Å². The van der Waals surface area contributed by atoms with Gasteiger partial charge in [-0.25, -0.2) is 4.79 Å². The summed E-state index contributed by atoms with van der Waals surface area (Å²) >= 11 is 0. The van der Waals surface area contributed by atoms with Gasteiger partial charge in [0.05, 0.1) is 17.9 Å². The molecular formula is C25H23NO3. The maximum Gasteiger partial charge on any atom is 0.340 e. The van der Waals surface area contributed by atoms with E-state index in [1.54, 1.807) is 31.2 Å². The SMILES string of the molecule is CCOC(=O)/C(C(=N)c1ccccc1-c1cccc(O)c1)=C(/C)c1ccccc1. The van der Waals surface area contributed by atoms with Crippen molar-refractivity contribution in [2.45, 2.75) is 13.8 Å². The van der Waals surface area contributed by atoms with E-state index in [4.69, 9.17) is 10.1 Å². The Morgan fingerprint density at radius 3 is 2.34 bits per heavy atom. The normalized spacial score (nSPS) is 11.5. The van der Waals surface area contributed by atoms with Gasteiger partial charge in [-0.1, -0.05) is 66.7 Å². The van der Waals surface area contributed by atoms with Gasteiger partial charge in [-0.05, 0) is 48.2 Å². The minimum Gasteiger partial charge on any atom is -0.508 e. The average Bonchev–Trinajstić information content (AvgIpc) is 2.74. The van der Waals surface area contributed by atoms with Crippen LogP contribution in [-0.2, 0) is 9.53 Å². The number of allylic oxidation sites excluding steroid dienone is 1. The van der Waals surface area contributed by atoms with Crippen molar-refractivity contribution < 1.29 is 14.6 Å². The molecule has 2 N–H and O–H groups in total. The number of nitrogens with one attached hydrogen (secondary N) is 1. The predicted molar refractivity (Wildman–Crippen MR) is 116 cm³/mol. The van der Waals surface area contributed by atoms with Gasteiger partial charge < -0.3 is 9.84 Å². The van der Waals surface area contributed by atoms with Crippen LogP contribution in [-0.4, -0.2) is 23.4 Å². The number of phenolic OH excluding ortho intramolecular Hbond substituents is 1. The van der Waals surface area contributed by atoms with E-state index in [9.17, 15) is 9.90 Å². The molecule has 4 heteroatoms. The standard InChI is InChI=1S/C25H23NO3/c1-3-29-25(28)23(17(2)18-10-5-4-6-11-18)24(26)22-15-8-7-14-21(22)19-12-9-13-20(27)16-19/h4-16,26-27H,3H2,1-2H3/b23-17-,26-24?. The zero-order valence-electron chi connectivity index (χ0n) is 16.5. The number of aromatic hydroxyl groups is 1. The summed E-state index contributed by atoms with van der Waals surface area (Å²) in [5.74, 6) is -0.380. The third-order valence-corrected chi connectivity index (χ3v) is 4.66. The molecule has 29 heavy (non-hydrogen) atoms. The highest BCUT2D eigenvalue weighted by Crippen LogP contribution is 2.30. The van der Waals surface area contributed by atoms with E-state index in [1.165, 1.54) is 0 Å². The van der Waals surface area contributed by atoms with E-state index in [0.717, 1.165) is 16.7 Å². The molecule has 0 aliphatic carbocycles. The fourth-order valence-electron chi connectivity index (χ4n) is 3.24. The van der Waals surface area contributed by atoms with Gasteiger partial charge in [-0.15, -0.1) is 0 Å². The summed E-state index contributed by atoms with van der Waals surface area (Å²) in [5.41, 5.74) is 3.97. The van der Waals surface area contributed by atoms with Crippen LogP contribution in [0.3, 0.4) is 0 Å². The highest BCUT2D eigenvalue weighted by Gasteiger charge is 2.23. The first kappa shape index (κ1) is 20.1. The molecule has 0 atom stereocenters. The monoisotopic (exact) mass is 385 g/mol. The highest BCUT2D eigenvalue weighted by atomic mass is 16.5. The van der Waals surface area contributed by atoms with Gasteiger partial charge in [-0.2, -0.15) is 0 Å². The molecule has 146 valence electrons. The van der Waals surface area contributed by atoms with E-state index >= 15 is 0 Å². The van der Waals surface area contributed by atoms with Crippen molar-refractivity contribution in [3.8, 4) is 16.9 Å². The summed E-state index contributed by atoms with van der Waals surface area (Å²) in [6, 6.07) is 23.7. The minimum absolute atomic E-state index is 0.0868. The Morgan fingerprint density at radius 1 is 0.966 bits per heavy atom. The molecule has 3 rings (SSSR count). The number of hydrogen-bond acceptors (Lipinski definition) is 4. The van der Waals surface area contributed by atoms with Crippen LogP contribution in [0.25, 0.3) is 16.7 Å². The second-order valence-corrected chi connectivity index (χ2v) is 6.56. The molecule has 0 spiro atoms. The van der Waals surface area contributed by atoms with Crippen LogP contribution in [0.1, 0.15) is 25.0 Å². The summed E-state index contributed by atoms with van der Waals surface area (Å²) < 4.78 is 5.28. The summed E-state index contributed by atoms with van der Waals surface area (Å²) in [7, 11) is 0. The lowest BCUT2D eigenvalue weighted by Crippen LogP contribution is -2.18. The fraction of sp³-hybridized carbons (Fsp3) is 0.120. The second-order valence-electron chi connectivity index (χ2n) is 6.56. The quantitative estimate of drug-likeness (QED) is 0.336. The first-order valence-electron chi connectivity index (χ1n) is 9.44. The van der Waals surface area contributed by atoms with Crippen LogP contribution >= 0.6 is 0 Å². The van der Waals surface area contributed by atoms with Gasteiger partial charge in [-0.3, -0.25) is 5.41 Å². The van der Waals surface area contributed by atoms with Gasteiger partial charge in [0.1, 0.15) is 5.75 Å². The van der Waals surface area contributed by atoms with Crippen LogP contribution in [0.2, 0.25) is 0 Å². The third-order valence-electron chi connectivity index (χ3n) is 4.66. The van der Waals surface area contributed by atoms with Gasteiger partial charge in [0, 0.05) is 5.56 Å². The summed E-state index contributed by atoms with van der Waals surface area (Å²) in [6.45, 7) is 3.80. The summed E-state index contributed by atoms with van der Waals surface area (Å²) in [4.78, 5) is 12.8. The lowest BCUT2D eigenvalue weighted by Gasteiger charge is -2.16. The number of carbonyl (C=O) groups is 1. The van der Waals surface area contributed by atoms with Crippen molar-refractivity contribution >= 4 is 17.3 Å². The average molecular weight is 385 g/mol. The van der Waals surface area contributed by atoms with E-state index in [-0.39, 0.29) is 23.6 Å². The largest absolute Gasteiger partial charge is 0.508 e. The van der Waals surface area contributed by atoms with Crippen LogP contribution in [0.15, 0.2) is 84.4 Å². The third kappa shape index (κ3) is 4.43. The molecule has 0 aliphatic heterocycles. The fourth-order valence-corrected chi connectivity index (χ4v) is 3.24. The molecule has 0 saturated carbocycles. The van der Waals surface area contributed by atoms with Gasteiger partial charge in [0.25, 0.3) is 0 Å². The topological polar surface area (TPSA) is 70.4 Å². The van der Waals surface area contributed by atoms with E-state index in [0.29, 0.717) is 11.1 Å². The molecule has 3 aromatic carbocycles. The maximum absolute atomic E-state index is 12.8. The Kier molecular flexibility index (Phi) is 6.25. The molecule has 0 bridgehead atoms. The highest BCUT2D eigenvalue weighted by molar-refractivity contribution is 6.30. The Labute approximate surface area is 170 Å². The van der Waals surface area contributed by atoms with Crippen LogP contribution in [0.5, 0.6) is 5.75 Å². The van der Waals surface area contributed by atoms with Crippen LogP contribution < -0.4 is 0 Å². The summed E-state index contributed by atoms with van der Waals surface area (Å²) in [6.07, 6.45) is 0. The molecule has 0 amide bonds. The van der Waals surface area contributed by atoms with Crippen molar-refractivity contribution in [1.82, 2.24) is 0 Å². The number of ether oxygens (including phenoxy) is 1. The Morgan fingerprint density at radius 2 is 1.66 bits per heavy atom. The van der Waals surface area contributed by atoms with Crippen LogP contribution in [0, 0.1) is 5.41 Å². The number of carbonyl (C=O) groups excluding carboxylic acids is 1. The smallest absolute Gasteiger partial charge is 0.340 e. The van der Waals surface area contributed by atoms with Gasteiger partial charge in [0.2, 0.25) is 0 Å². The molecule has 0 saturated heterocycles. The molecule has 0 unspecified atom stereocenters. The molecule has 0 radical (unpaired) electrons. The second kappa shape index (κ2) is 9.02. The Bertz CT molecular complexity index is 1070. The molecule has 4 nitrogen and oxygen atoms in total. The zero-order chi connectivity index (χ0) is 20.8. The van der Waals surface area contributed by atoms with E-state index in [2.05, 4.69) is 0 Å². The first-order valence-corrected chi connectivity index (χ1v) is 9.44. The molecule has 0 aliphatic rings. The Hall–Kier alpha value is -3.66. The first-order chi connectivity index (χ1) is 14.0. The van der Waals surface area contributed by atoms with Crippen molar-refractivity contribution in [2.24, 2.45) is 0 Å².